The van der Waals surface area contributed by atoms with Gasteiger partial charge in [0.2, 0.25) is 0 Å². The van der Waals surface area contributed by atoms with E-state index in [1.54, 1.807) is 0 Å². The van der Waals surface area contributed by atoms with E-state index in [2.05, 4.69) is 11.7 Å². The Hall–Kier alpha value is -0.500. The highest BCUT2D eigenvalue weighted by Crippen LogP contribution is 2.30. The number of hydrogen-bond acceptors (Lipinski definition) is 3. The number of alkyl halides is 3. The van der Waals surface area contributed by atoms with E-state index in [1.807, 2.05) is 5.10 Å². The Morgan fingerprint density at radius 2 is 2.14 bits per heavy atom. The maximum atomic E-state index is 12.3. The molecule has 3 nitrogen and oxygen atoms in total. The number of rotatable bonds is 2. The molecule has 0 aliphatic heterocycles. The lowest BCUT2D eigenvalue weighted by atomic mass is 10.3. The molecule has 0 amide bonds. The Bertz CT molecular complexity index is 381. The second-order valence-corrected chi connectivity index (χ2v) is 3.92. The van der Waals surface area contributed by atoms with Crippen LogP contribution in [0.5, 0.6) is 0 Å². The summed E-state index contributed by atoms with van der Waals surface area (Å²) in [5.41, 5.74) is -1.95. The summed E-state index contributed by atoms with van der Waals surface area (Å²) in [4.78, 5) is 11.2. The van der Waals surface area contributed by atoms with Gasteiger partial charge < -0.3 is 0 Å². The molecule has 80 valence electrons. The summed E-state index contributed by atoms with van der Waals surface area (Å²) in [6.45, 7) is 0. The highest BCUT2D eigenvalue weighted by molar-refractivity contribution is 8.68. The van der Waals surface area contributed by atoms with E-state index in [0.717, 1.165) is 15.5 Å². The van der Waals surface area contributed by atoms with Gasteiger partial charge in [-0.1, -0.05) is 10.8 Å². The number of halogens is 3. The minimum absolute atomic E-state index is 0.0753. The lowest BCUT2D eigenvalue weighted by molar-refractivity contribution is -0.141. The van der Waals surface area contributed by atoms with E-state index in [4.69, 9.17) is 0 Å². The van der Waals surface area contributed by atoms with Crippen molar-refractivity contribution in [1.29, 1.82) is 0 Å². The summed E-state index contributed by atoms with van der Waals surface area (Å²) < 4.78 is 37.8. The summed E-state index contributed by atoms with van der Waals surface area (Å²) in [5, 5.41) is 1.97. The van der Waals surface area contributed by atoms with Crippen molar-refractivity contribution < 1.29 is 13.2 Å². The van der Waals surface area contributed by atoms with Gasteiger partial charge in [-0.2, -0.15) is 13.2 Å². The first kappa shape index (κ1) is 11.6. The number of aromatic amines is 1. The molecule has 0 aromatic carbocycles. The molecule has 0 radical (unpaired) electrons. The lowest BCUT2D eigenvalue weighted by Crippen LogP contribution is -2.15. The molecule has 0 spiro atoms. The van der Waals surface area contributed by atoms with Crippen LogP contribution in [0.1, 0.15) is 11.3 Å². The van der Waals surface area contributed by atoms with Crippen LogP contribution in [-0.4, -0.2) is 9.78 Å². The van der Waals surface area contributed by atoms with Crippen molar-refractivity contribution in [1.82, 2.24) is 9.78 Å². The smallest absolute Gasteiger partial charge is 0.291 e. The molecule has 1 aromatic rings. The van der Waals surface area contributed by atoms with Gasteiger partial charge in [-0.25, -0.2) is 0 Å². The third kappa shape index (κ3) is 2.11. The van der Waals surface area contributed by atoms with Gasteiger partial charge in [-0.3, -0.25) is 14.6 Å². The molecule has 8 heteroatoms. The van der Waals surface area contributed by atoms with Crippen LogP contribution < -0.4 is 5.56 Å². The SMILES string of the molecule is Cn1[nH]c(C(F)(F)F)c(CSS)c1=O. The third-order valence-electron chi connectivity index (χ3n) is 1.64. The number of aryl methyl sites for hydroxylation is 1. The lowest BCUT2D eigenvalue weighted by Gasteiger charge is -2.04. The van der Waals surface area contributed by atoms with Gasteiger partial charge in [-0.05, 0) is 0 Å². The third-order valence-corrected chi connectivity index (χ3v) is 2.44. The summed E-state index contributed by atoms with van der Waals surface area (Å²) >= 11 is 3.72. The average Bonchev–Trinajstić information content (AvgIpc) is 2.32. The van der Waals surface area contributed by atoms with E-state index < -0.39 is 17.4 Å². The number of thiol groups is 1. The van der Waals surface area contributed by atoms with Crippen molar-refractivity contribution in [3.8, 4) is 0 Å². The molecule has 0 fully saturated rings. The van der Waals surface area contributed by atoms with Crippen molar-refractivity contribution in [3.63, 3.8) is 0 Å². The number of nitrogens with one attached hydrogen (secondary N) is 1. The molecule has 0 saturated carbocycles. The summed E-state index contributed by atoms with van der Waals surface area (Å²) in [6, 6.07) is 0. The van der Waals surface area contributed by atoms with Gasteiger partial charge >= 0.3 is 6.18 Å². The number of aromatic nitrogens is 2. The highest BCUT2D eigenvalue weighted by atomic mass is 33.1. The molecule has 1 rings (SSSR count). The molecule has 0 saturated heterocycles. The van der Waals surface area contributed by atoms with Crippen molar-refractivity contribution in [2.75, 3.05) is 0 Å². The maximum Gasteiger partial charge on any atom is 0.433 e. The molecular formula is C6H7F3N2OS2. The Kier molecular flexibility index (Phi) is 3.25. The second-order valence-electron chi connectivity index (χ2n) is 2.60. The molecule has 14 heavy (non-hydrogen) atoms. The molecule has 0 unspecified atom stereocenters. The molecule has 0 bridgehead atoms. The molecule has 1 N–H and O–H groups in total. The number of nitrogens with zero attached hydrogens (tertiary/aromatic N) is 1. The van der Waals surface area contributed by atoms with Gasteiger partial charge in [-0.15, -0.1) is 11.7 Å². The van der Waals surface area contributed by atoms with Crippen LogP contribution in [0.3, 0.4) is 0 Å². The predicted octanol–water partition coefficient (Wildman–Crippen LogP) is 1.81. The van der Waals surface area contributed by atoms with Crippen LogP contribution in [0.25, 0.3) is 0 Å². The number of H-pyrrole nitrogens is 1. The zero-order valence-corrected chi connectivity index (χ0v) is 8.76. The van der Waals surface area contributed by atoms with Crippen LogP contribution in [0, 0.1) is 0 Å². The van der Waals surface area contributed by atoms with Crippen LogP contribution in [0.2, 0.25) is 0 Å². The quantitative estimate of drug-likeness (QED) is 0.615. The Morgan fingerprint density at radius 3 is 2.57 bits per heavy atom. The zero-order valence-electron chi connectivity index (χ0n) is 7.05. The van der Waals surface area contributed by atoms with Crippen molar-refractivity contribution in [2.24, 2.45) is 7.05 Å². The fourth-order valence-corrected chi connectivity index (χ4v) is 1.81. The van der Waals surface area contributed by atoms with Crippen LogP contribution in [-0.2, 0) is 19.0 Å². The predicted molar refractivity (Wildman–Crippen MR) is 51.3 cm³/mol. The van der Waals surface area contributed by atoms with Crippen molar-refractivity contribution >= 4 is 22.5 Å². The monoisotopic (exact) mass is 244 g/mol. The zero-order chi connectivity index (χ0) is 10.9. The minimum atomic E-state index is -4.53. The first-order valence-corrected chi connectivity index (χ1v) is 5.53. The van der Waals surface area contributed by atoms with Gasteiger partial charge in [0, 0.05) is 12.8 Å². The first-order chi connectivity index (χ1) is 6.38. The van der Waals surface area contributed by atoms with Crippen LogP contribution in [0.4, 0.5) is 13.2 Å². The largest absolute Gasteiger partial charge is 0.433 e. The van der Waals surface area contributed by atoms with E-state index >= 15 is 0 Å². The second kappa shape index (κ2) is 3.93. The Labute approximate surface area is 86.5 Å². The summed E-state index contributed by atoms with van der Waals surface area (Å²) in [7, 11) is 2.11. The molecule has 0 aliphatic rings. The Balaban J connectivity index is 3.30. The molecule has 0 aliphatic carbocycles. The van der Waals surface area contributed by atoms with Gasteiger partial charge in [0.1, 0.15) is 5.69 Å². The van der Waals surface area contributed by atoms with Crippen LogP contribution >= 0.6 is 22.5 Å². The Morgan fingerprint density at radius 1 is 1.57 bits per heavy atom. The van der Waals surface area contributed by atoms with Crippen molar-refractivity contribution in [3.05, 3.63) is 21.6 Å². The van der Waals surface area contributed by atoms with Gasteiger partial charge in [0.15, 0.2) is 0 Å². The van der Waals surface area contributed by atoms with Crippen molar-refractivity contribution in [2.45, 2.75) is 11.9 Å². The van der Waals surface area contributed by atoms with Crippen LogP contribution in [0.15, 0.2) is 4.79 Å². The normalized spacial score (nSPS) is 12.1. The molecular weight excluding hydrogens is 237 g/mol. The summed E-state index contributed by atoms with van der Waals surface area (Å²) in [6.07, 6.45) is -4.53. The average molecular weight is 244 g/mol. The topological polar surface area (TPSA) is 37.8 Å². The molecule has 0 atom stereocenters. The fourth-order valence-electron chi connectivity index (χ4n) is 1.03. The van der Waals surface area contributed by atoms with Gasteiger partial charge in [0.05, 0.1) is 5.56 Å². The van der Waals surface area contributed by atoms with Gasteiger partial charge in [0.25, 0.3) is 5.56 Å². The first-order valence-electron chi connectivity index (χ1n) is 3.49. The molecule has 1 aromatic heterocycles. The van der Waals surface area contributed by atoms with E-state index in [9.17, 15) is 18.0 Å². The minimum Gasteiger partial charge on any atom is -0.291 e. The highest BCUT2D eigenvalue weighted by Gasteiger charge is 2.37. The number of hydrogen-bond donors (Lipinski definition) is 2. The maximum absolute atomic E-state index is 12.3. The standard InChI is InChI=1S/C6H7F3N2OS2/c1-11-5(12)3(2-14-13)4(10-11)6(7,8)9/h10,13H,2H2,1H3. The summed E-state index contributed by atoms with van der Waals surface area (Å²) in [5.74, 6) is -0.0753. The van der Waals surface area contributed by atoms with E-state index in [-0.39, 0.29) is 11.3 Å². The van der Waals surface area contributed by atoms with E-state index in [0.29, 0.717) is 0 Å². The van der Waals surface area contributed by atoms with E-state index in [1.165, 1.54) is 7.05 Å². The molecule has 1 heterocycles. The fraction of sp³-hybridized carbons (Fsp3) is 0.500.